The lowest BCUT2D eigenvalue weighted by Crippen LogP contribution is -2.53. The molecule has 0 aliphatic heterocycles. The van der Waals surface area contributed by atoms with E-state index in [0.717, 1.165) is 16.7 Å². The van der Waals surface area contributed by atoms with Gasteiger partial charge in [0.15, 0.2) is 0 Å². The number of nitrogens with one attached hydrogen (secondary N) is 1. The summed E-state index contributed by atoms with van der Waals surface area (Å²) in [6.45, 7) is 3.85. The van der Waals surface area contributed by atoms with E-state index in [9.17, 15) is 14.7 Å². The number of aryl methyl sites for hydroxylation is 2. The lowest BCUT2D eigenvalue weighted by molar-refractivity contribution is -0.153. The van der Waals surface area contributed by atoms with E-state index in [-0.39, 0.29) is 6.10 Å². The molecule has 1 fully saturated rings. The topological polar surface area (TPSA) is 75.6 Å². The molecular formula is C15H19NO4. The molecule has 0 saturated heterocycles. The van der Waals surface area contributed by atoms with Gasteiger partial charge in [0.2, 0.25) is 0 Å². The minimum absolute atomic E-state index is 0.319. The molecule has 0 aromatic heterocycles. The van der Waals surface area contributed by atoms with Crippen LogP contribution in [-0.2, 0) is 14.9 Å². The second-order valence-corrected chi connectivity index (χ2v) is 5.39. The number of carbonyl (C=O) groups excluding carboxylic acids is 1. The highest BCUT2D eigenvalue weighted by atomic mass is 16.6. The normalized spacial score (nSPS) is 24.6. The van der Waals surface area contributed by atoms with Crippen LogP contribution in [0, 0.1) is 13.8 Å². The van der Waals surface area contributed by atoms with Crippen LogP contribution in [0.25, 0.3) is 0 Å². The van der Waals surface area contributed by atoms with Crippen LogP contribution in [0.2, 0.25) is 0 Å². The number of hydrogen-bond donors (Lipinski definition) is 2. The van der Waals surface area contributed by atoms with Crippen molar-refractivity contribution in [2.45, 2.75) is 38.2 Å². The van der Waals surface area contributed by atoms with Gasteiger partial charge in [0, 0.05) is 19.9 Å². The first-order chi connectivity index (χ1) is 9.39. The molecule has 2 N–H and O–H groups in total. The predicted molar refractivity (Wildman–Crippen MR) is 73.8 cm³/mol. The van der Waals surface area contributed by atoms with E-state index in [1.165, 1.54) is 7.05 Å². The van der Waals surface area contributed by atoms with Crippen LogP contribution in [0.3, 0.4) is 0 Å². The van der Waals surface area contributed by atoms with Gasteiger partial charge in [-0.15, -0.1) is 0 Å². The van der Waals surface area contributed by atoms with E-state index in [1.807, 2.05) is 32.0 Å². The third kappa shape index (κ3) is 2.35. The molecule has 5 heteroatoms. The fourth-order valence-corrected chi connectivity index (χ4v) is 2.77. The van der Waals surface area contributed by atoms with Crippen LogP contribution in [-0.4, -0.2) is 30.3 Å². The Hall–Kier alpha value is -2.04. The molecule has 0 atom stereocenters. The first-order valence-electron chi connectivity index (χ1n) is 6.58. The van der Waals surface area contributed by atoms with Gasteiger partial charge >= 0.3 is 12.1 Å². The molecule has 1 amide bonds. The van der Waals surface area contributed by atoms with Crippen molar-refractivity contribution in [3.8, 4) is 0 Å². The summed E-state index contributed by atoms with van der Waals surface area (Å²) in [7, 11) is 1.48. The second-order valence-electron chi connectivity index (χ2n) is 5.39. The maximum atomic E-state index is 11.7. The average Bonchev–Trinajstić information content (AvgIpc) is 2.35. The Labute approximate surface area is 117 Å². The number of alkyl carbamates (subject to hydrolysis) is 1. The molecular weight excluding hydrogens is 258 g/mol. The standard InChI is InChI=1S/C15H19NO4/c1-9-4-5-10(2)12(6-9)15(13(17)18)7-11(8-15)20-14(19)16-3/h4-6,11H,7-8H2,1-3H3,(H,16,19)(H,17,18). The molecule has 20 heavy (non-hydrogen) atoms. The van der Waals surface area contributed by atoms with Gasteiger partial charge in [-0.05, 0) is 25.0 Å². The summed E-state index contributed by atoms with van der Waals surface area (Å²) in [4.78, 5) is 22.9. The smallest absolute Gasteiger partial charge is 0.407 e. The van der Waals surface area contributed by atoms with Crippen LogP contribution in [0.4, 0.5) is 4.79 Å². The summed E-state index contributed by atoms with van der Waals surface area (Å²) >= 11 is 0. The van der Waals surface area contributed by atoms with Crippen molar-refractivity contribution in [2.75, 3.05) is 7.05 Å². The number of rotatable bonds is 3. The van der Waals surface area contributed by atoms with Crippen molar-refractivity contribution in [1.29, 1.82) is 0 Å². The zero-order valence-electron chi connectivity index (χ0n) is 11.9. The Kier molecular flexibility index (Phi) is 3.70. The van der Waals surface area contributed by atoms with Gasteiger partial charge in [0.05, 0.1) is 5.41 Å². The number of carbonyl (C=O) groups is 2. The van der Waals surface area contributed by atoms with E-state index < -0.39 is 17.5 Å². The molecule has 1 aliphatic rings. The molecule has 0 heterocycles. The summed E-state index contributed by atoms with van der Waals surface area (Å²) in [5.41, 5.74) is 1.87. The number of carboxylic acids is 1. The van der Waals surface area contributed by atoms with Gasteiger partial charge in [-0.25, -0.2) is 4.79 Å². The molecule has 5 nitrogen and oxygen atoms in total. The minimum Gasteiger partial charge on any atom is -0.481 e. The summed E-state index contributed by atoms with van der Waals surface area (Å²) in [5.74, 6) is -0.858. The molecule has 108 valence electrons. The van der Waals surface area contributed by atoms with Gasteiger partial charge in [-0.2, -0.15) is 0 Å². The van der Waals surface area contributed by atoms with E-state index in [2.05, 4.69) is 5.32 Å². The van der Waals surface area contributed by atoms with Crippen molar-refractivity contribution >= 4 is 12.1 Å². The van der Waals surface area contributed by atoms with Crippen LogP contribution >= 0.6 is 0 Å². The summed E-state index contributed by atoms with van der Waals surface area (Å²) < 4.78 is 5.12. The second kappa shape index (κ2) is 5.15. The lowest BCUT2D eigenvalue weighted by Gasteiger charge is -2.44. The van der Waals surface area contributed by atoms with Crippen molar-refractivity contribution < 1.29 is 19.4 Å². The zero-order valence-corrected chi connectivity index (χ0v) is 11.9. The van der Waals surface area contributed by atoms with Crippen molar-refractivity contribution in [1.82, 2.24) is 5.32 Å². The largest absolute Gasteiger partial charge is 0.481 e. The zero-order chi connectivity index (χ0) is 14.9. The molecule has 1 aromatic rings. The highest BCUT2D eigenvalue weighted by Gasteiger charge is 2.54. The highest BCUT2D eigenvalue weighted by molar-refractivity contribution is 5.84. The summed E-state index contributed by atoms with van der Waals surface area (Å²) in [6, 6.07) is 5.81. The van der Waals surface area contributed by atoms with Gasteiger partial charge < -0.3 is 15.2 Å². The third-order valence-corrected chi connectivity index (χ3v) is 3.95. The molecule has 1 aromatic carbocycles. The van der Waals surface area contributed by atoms with Crippen LogP contribution in [0.5, 0.6) is 0 Å². The SMILES string of the molecule is CNC(=O)OC1CC(C(=O)O)(c2cc(C)ccc2C)C1. The van der Waals surface area contributed by atoms with Gasteiger partial charge in [0.1, 0.15) is 6.10 Å². The molecule has 0 spiro atoms. The monoisotopic (exact) mass is 277 g/mol. The summed E-state index contributed by atoms with van der Waals surface area (Å²) in [5, 5.41) is 12.0. The Balaban J connectivity index is 2.24. The quantitative estimate of drug-likeness (QED) is 0.887. The fraction of sp³-hybridized carbons (Fsp3) is 0.467. The summed E-state index contributed by atoms with van der Waals surface area (Å²) in [6.07, 6.45) is -0.221. The Bertz CT molecular complexity index is 547. The lowest BCUT2D eigenvalue weighted by atomic mass is 9.61. The fourth-order valence-electron chi connectivity index (χ4n) is 2.77. The van der Waals surface area contributed by atoms with Crippen molar-refractivity contribution in [2.24, 2.45) is 0 Å². The molecule has 2 rings (SSSR count). The molecule has 1 saturated carbocycles. The molecule has 0 radical (unpaired) electrons. The molecule has 0 unspecified atom stereocenters. The van der Waals surface area contributed by atoms with Crippen LogP contribution in [0.15, 0.2) is 18.2 Å². The maximum absolute atomic E-state index is 11.7. The Morgan fingerprint density at radius 1 is 1.35 bits per heavy atom. The van der Waals surface area contributed by atoms with Gasteiger partial charge in [-0.3, -0.25) is 4.79 Å². The number of aliphatic carboxylic acids is 1. The highest BCUT2D eigenvalue weighted by Crippen LogP contribution is 2.47. The third-order valence-electron chi connectivity index (χ3n) is 3.95. The van der Waals surface area contributed by atoms with Crippen LogP contribution in [0.1, 0.15) is 29.5 Å². The first kappa shape index (κ1) is 14.4. The van der Waals surface area contributed by atoms with Crippen molar-refractivity contribution in [3.63, 3.8) is 0 Å². The average molecular weight is 277 g/mol. The maximum Gasteiger partial charge on any atom is 0.407 e. The van der Waals surface area contributed by atoms with Crippen molar-refractivity contribution in [3.05, 3.63) is 34.9 Å². The van der Waals surface area contributed by atoms with Gasteiger partial charge in [-0.1, -0.05) is 23.8 Å². The number of ether oxygens (including phenoxy) is 1. The Morgan fingerprint density at radius 3 is 2.55 bits per heavy atom. The van der Waals surface area contributed by atoms with E-state index >= 15 is 0 Å². The van der Waals surface area contributed by atoms with E-state index in [1.54, 1.807) is 0 Å². The first-order valence-corrected chi connectivity index (χ1v) is 6.58. The minimum atomic E-state index is -0.936. The molecule has 0 bridgehead atoms. The van der Waals surface area contributed by atoms with E-state index in [0.29, 0.717) is 12.8 Å². The Morgan fingerprint density at radius 2 is 2.00 bits per heavy atom. The van der Waals surface area contributed by atoms with Crippen LogP contribution < -0.4 is 5.32 Å². The number of hydrogen-bond acceptors (Lipinski definition) is 3. The van der Waals surface area contributed by atoms with E-state index in [4.69, 9.17) is 4.74 Å². The van der Waals surface area contributed by atoms with Gasteiger partial charge in [0.25, 0.3) is 0 Å². The molecule has 1 aliphatic carbocycles. The number of carboxylic acid groups (broad SMARTS) is 1. The number of amides is 1. The predicted octanol–water partition coefficient (Wildman–Crippen LogP) is 2.14. The number of benzene rings is 1.